The van der Waals surface area contributed by atoms with E-state index in [0.29, 0.717) is 22.5 Å². The van der Waals surface area contributed by atoms with Crippen molar-refractivity contribution in [1.29, 1.82) is 0 Å². The summed E-state index contributed by atoms with van der Waals surface area (Å²) in [5.74, 6) is 0. The van der Waals surface area contributed by atoms with Gasteiger partial charge in [0.1, 0.15) is 5.69 Å². The zero-order valence-corrected chi connectivity index (χ0v) is 14.7. The van der Waals surface area contributed by atoms with Crippen molar-refractivity contribution in [3.63, 3.8) is 0 Å². The Morgan fingerprint density at radius 3 is 2.00 bits per heavy atom. The van der Waals surface area contributed by atoms with E-state index in [1.54, 1.807) is 16.8 Å². The van der Waals surface area contributed by atoms with E-state index in [-0.39, 0.29) is 5.69 Å². The number of non-ortho nitro benzene ring substituents is 1. The van der Waals surface area contributed by atoms with Gasteiger partial charge in [-0.25, -0.2) is 4.68 Å². The molecule has 0 N–H and O–H groups in total. The third-order valence-electron chi connectivity index (χ3n) is 4.44. The summed E-state index contributed by atoms with van der Waals surface area (Å²) >= 11 is 0. The zero-order chi connectivity index (χ0) is 19.5. The van der Waals surface area contributed by atoms with Gasteiger partial charge in [-0.05, 0) is 24.3 Å². The number of rotatable bonds is 5. The van der Waals surface area contributed by atoms with E-state index in [4.69, 9.17) is 5.10 Å². The van der Waals surface area contributed by atoms with Gasteiger partial charge < -0.3 is 0 Å². The Balaban J connectivity index is 1.98. The molecular formula is C22H15N3O3. The lowest BCUT2D eigenvalue weighted by atomic mass is 10.0. The minimum atomic E-state index is -0.450. The minimum Gasteiger partial charge on any atom is -0.298 e. The van der Waals surface area contributed by atoms with Gasteiger partial charge in [0, 0.05) is 23.3 Å². The van der Waals surface area contributed by atoms with Crippen molar-refractivity contribution in [3.8, 4) is 28.2 Å². The molecule has 0 radical (unpaired) electrons. The fraction of sp³-hybridized carbons (Fsp3) is 0. The van der Waals surface area contributed by atoms with Crippen LogP contribution in [0.5, 0.6) is 0 Å². The van der Waals surface area contributed by atoms with Gasteiger partial charge in [0.05, 0.1) is 21.9 Å². The molecule has 136 valence electrons. The van der Waals surface area contributed by atoms with Gasteiger partial charge in [-0.3, -0.25) is 14.9 Å². The van der Waals surface area contributed by atoms with E-state index < -0.39 is 4.92 Å². The Hall–Kier alpha value is -4.06. The number of hydrogen-bond donors (Lipinski definition) is 0. The molecule has 3 aromatic carbocycles. The second-order valence-electron chi connectivity index (χ2n) is 6.15. The van der Waals surface area contributed by atoms with Crippen LogP contribution < -0.4 is 0 Å². The topological polar surface area (TPSA) is 78.0 Å². The first-order valence-electron chi connectivity index (χ1n) is 8.63. The molecular weight excluding hydrogens is 354 g/mol. The van der Waals surface area contributed by atoms with Crippen molar-refractivity contribution in [2.75, 3.05) is 0 Å². The Morgan fingerprint density at radius 2 is 1.43 bits per heavy atom. The number of carbonyl (C=O) groups is 1. The van der Waals surface area contributed by atoms with Crippen molar-refractivity contribution in [2.24, 2.45) is 0 Å². The van der Waals surface area contributed by atoms with Gasteiger partial charge in [0.15, 0.2) is 6.29 Å². The predicted molar refractivity (Wildman–Crippen MR) is 106 cm³/mol. The molecule has 6 nitrogen and oxygen atoms in total. The van der Waals surface area contributed by atoms with Crippen molar-refractivity contribution in [1.82, 2.24) is 9.78 Å². The Morgan fingerprint density at radius 1 is 0.821 bits per heavy atom. The van der Waals surface area contributed by atoms with E-state index in [2.05, 4.69) is 0 Å². The zero-order valence-electron chi connectivity index (χ0n) is 14.7. The average Bonchev–Trinajstić information content (AvgIpc) is 3.14. The highest BCUT2D eigenvalue weighted by molar-refractivity contribution is 5.95. The molecule has 4 aromatic rings. The standard InChI is InChI=1S/C22H15N3O3/c26-15-20-21(16-7-3-1-4-8-16)23-24(18-9-5-2-6-10-18)22(20)17-11-13-19(14-12-17)25(27)28/h1-15H. The quantitative estimate of drug-likeness (QED) is 0.284. The van der Waals surface area contributed by atoms with Gasteiger partial charge in [-0.15, -0.1) is 0 Å². The highest BCUT2D eigenvalue weighted by atomic mass is 16.6. The summed E-state index contributed by atoms with van der Waals surface area (Å²) in [6.45, 7) is 0. The van der Waals surface area contributed by atoms with Crippen LogP contribution in [0.25, 0.3) is 28.2 Å². The number of hydrogen-bond acceptors (Lipinski definition) is 4. The summed E-state index contributed by atoms with van der Waals surface area (Å²) in [6, 6.07) is 25.0. The van der Waals surface area contributed by atoms with E-state index >= 15 is 0 Å². The van der Waals surface area contributed by atoms with E-state index in [0.717, 1.165) is 17.5 Å². The maximum atomic E-state index is 12.1. The minimum absolute atomic E-state index is 0.00883. The molecule has 0 saturated heterocycles. The number of para-hydroxylation sites is 1. The second-order valence-corrected chi connectivity index (χ2v) is 6.15. The molecule has 0 spiro atoms. The third kappa shape index (κ3) is 3.07. The molecule has 0 bridgehead atoms. The van der Waals surface area contributed by atoms with Crippen LogP contribution in [-0.2, 0) is 0 Å². The average molecular weight is 369 g/mol. The maximum Gasteiger partial charge on any atom is 0.269 e. The molecule has 4 rings (SSSR count). The number of carbonyl (C=O) groups excluding carboxylic acids is 1. The van der Waals surface area contributed by atoms with Gasteiger partial charge in [-0.2, -0.15) is 5.10 Å². The van der Waals surface area contributed by atoms with Crippen LogP contribution in [0.4, 0.5) is 5.69 Å². The molecule has 1 heterocycles. The molecule has 0 fully saturated rings. The Bertz CT molecular complexity index is 1140. The first-order valence-corrected chi connectivity index (χ1v) is 8.63. The summed E-state index contributed by atoms with van der Waals surface area (Å²) in [6.07, 6.45) is 0.783. The van der Waals surface area contributed by atoms with Gasteiger partial charge in [-0.1, -0.05) is 48.5 Å². The number of nitro benzene ring substituents is 1. The summed E-state index contributed by atoms with van der Waals surface area (Å²) in [4.78, 5) is 22.6. The summed E-state index contributed by atoms with van der Waals surface area (Å²) in [5, 5.41) is 15.7. The van der Waals surface area contributed by atoms with E-state index in [9.17, 15) is 14.9 Å². The lowest BCUT2D eigenvalue weighted by Crippen LogP contribution is -2.00. The molecule has 0 aliphatic carbocycles. The number of aromatic nitrogens is 2. The normalized spacial score (nSPS) is 10.6. The number of nitro groups is 1. The van der Waals surface area contributed by atoms with Crippen LogP contribution in [0.1, 0.15) is 10.4 Å². The van der Waals surface area contributed by atoms with Gasteiger partial charge in [0.25, 0.3) is 5.69 Å². The summed E-state index contributed by atoms with van der Waals surface area (Å²) < 4.78 is 1.70. The monoisotopic (exact) mass is 369 g/mol. The van der Waals surface area contributed by atoms with Gasteiger partial charge >= 0.3 is 0 Å². The lowest BCUT2D eigenvalue weighted by Gasteiger charge is -2.08. The van der Waals surface area contributed by atoms with Crippen LogP contribution in [-0.4, -0.2) is 21.0 Å². The molecule has 6 heteroatoms. The molecule has 0 saturated carbocycles. The third-order valence-corrected chi connectivity index (χ3v) is 4.44. The summed E-state index contributed by atoms with van der Waals surface area (Å²) in [7, 11) is 0. The molecule has 0 amide bonds. The molecule has 0 aliphatic rings. The van der Waals surface area contributed by atoms with Crippen LogP contribution in [0.2, 0.25) is 0 Å². The predicted octanol–water partition coefficient (Wildman–Crippen LogP) is 4.93. The first-order chi connectivity index (χ1) is 13.7. The van der Waals surface area contributed by atoms with Crippen LogP contribution in [0, 0.1) is 10.1 Å². The molecule has 28 heavy (non-hydrogen) atoms. The highest BCUT2D eigenvalue weighted by Crippen LogP contribution is 2.33. The maximum absolute atomic E-state index is 12.1. The van der Waals surface area contributed by atoms with Gasteiger partial charge in [0.2, 0.25) is 0 Å². The molecule has 0 unspecified atom stereocenters. The van der Waals surface area contributed by atoms with Crippen molar-refractivity contribution >= 4 is 12.0 Å². The number of aldehydes is 1. The largest absolute Gasteiger partial charge is 0.298 e. The van der Waals surface area contributed by atoms with Crippen molar-refractivity contribution in [2.45, 2.75) is 0 Å². The van der Waals surface area contributed by atoms with E-state index in [1.807, 2.05) is 60.7 Å². The van der Waals surface area contributed by atoms with Crippen molar-refractivity contribution < 1.29 is 9.72 Å². The molecule has 0 aliphatic heterocycles. The molecule has 0 atom stereocenters. The number of nitrogens with zero attached hydrogens (tertiary/aromatic N) is 3. The molecule has 1 aromatic heterocycles. The SMILES string of the molecule is O=Cc1c(-c2ccccc2)nn(-c2ccccc2)c1-c1ccc([N+](=O)[O-])cc1. The summed E-state index contributed by atoms with van der Waals surface area (Å²) in [5.41, 5.74) is 3.87. The number of benzene rings is 3. The Labute approximate surface area is 160 Å². The second kappa shape index (κ2) is 7.28. The lowest BCUT2D eigenvalue weighted by molar-refractivity contribution is -0.384. The van der Waals surface area contributed by atoms with Crippen LogP contribution in [0.15, 0.2) is 84.9 Å². The van der Waals surface area contributed by atoms with E-state index in [1.165, 1.54) is 12.1 Å². The van der Waals surface area contributed by atoms with Crippen molar-refractivity contribution in [3.05, 3.63) is 101 Å². The fourth-order valence-electron chi connectivity index (χ4n) is 3.13. The first kappa shape index (κ1) is 17.4. The Kier molecular flexibility index (Phi) is 4.51. The fourth-order valence-corrected chi connectivity index (χ4v) is 3.13. The smallest absolute Gasteiger partial charge is 0.269 e. The highest BCUT2D eigenvalue weighted by Gasteiger charge is 2.21. The van der Waals surface area contributed by atoms with Crippen LogP contribution in [0.3, 0.4) is 0 Å². The van der Waals surface area contributed by atoms with Crippen LogP contribution >= 0.6 is 0 Å².